The molecule has 1 saturated heterocycles. The van der Waals surface area contributed by atoms with Gasteiger partial charge in [0.25, 0.3) is 0 Å². The third-order valence-corrected chi connectivity index (χ3v) is 8.31. The first-order valence-electron chi connectivity index (χ1n) is 12.0. The van der Waals surface area contributed by atoms with Gasteiger partial charge in [0, 0.05) is 19.0 Å². The van der Waals surface area contributed by atoms with Crippen LogP contribution in [0.4, 0.5) is 4.79 Å². The number of nitrogens with one attached hydrogen (secondary N) is 1. The van der Waals surface area contributed by atoms with Gasteiger partial charge in [0.05, 0.1) is 5.92 Å². The van der Waals surface area contributed by atoms with Crippen molar-refractivity contribution in [3.63, 3.8) is 0 Å². The van der Waals surface area contributed by atoms with Crippen LogP contribution in [0.2, 0.25) is 0 Å². The molecule has 0 aromatic heterocycles. The SMILES string of the molecule is CC(NC(=O)OCC1c2ccccc2-c2ccccc21)(C(=O)N1CC2C(C1)C2C(=O)O)C1CC1. The lowest BCUT2D eigenvalue weighted by atomic mass is 9.93. The van der Waals surface area contributed by atoms with E-state index in [0.717, 1.165) is 35.1 Å². The maximum absolute atomic E-state index is 13.4. The van der Waals surface area contributed by atoms with E-state index >= 15 is 0 Å². The van der Waals surface area contributed by atoms with Gasteiger partial charge in [0.2, 0.25) is 5.91 Å². The van der Waals surface area contributed by atoms with Crippen LogP contribution in [0.15, 0.2) is 48.5 Å². The molecule has 2 aromatic rings. The lowest BCUT2D eigenvalue weighted by Gasteiger charge is -2.34. The van der Waals surface area contributed by atoms with E-state index in [2.05, 4.69) is 29.6 Å². The minimum atomic E-state index is -1.03. The van der Waals surface area contributed by atoms with Gasteiger partial charge in [-0.3, -0.25) is 9.59 Å². The molecule has 3 fully saturated rings. The van der Waals surface area contributed by atoms with E-state index in [1.165, 1.54) is 0 Å². The second-order valence-corrected chi connectivity index (χ2v) is 10.3. The number of carboxylic acid groups (broad SMARTS) is 1. The van der Waals surface area contributed by atoms with Crippen molar-refractivity contribution in [2.24, 2.45) is 23.7 Å². The topological polar surface area (TPSA) is 95.9 Å². The molecule has 0 radical (unpaired) electrons. The van der Waals surface area contributed by atoms with E-state index in [1.54, 1.807) is 11.8 Å². The Hall–Kier alpha value is -3.35. The van der Waals surface area contributed by atoms with Crippen molar-refractivity contribution in [1.29, 1.82) is 0 Å². The summed E-state index contributed by atoms with van der Waals surface area (Å²) < 4.78 is 5.71. The van der Waals surface area contributed by atoms with Gasteiger partial charge in [-0.25, -0.2) is 4.79 Å². The Morgan fingerprint density at radius 2 is 1.56 bits per heavy atom. The fourth-order valence-corrected chi connectivity index (χ4v) is 6.22. The van der Waals surface area contributed by atoms with Crippen molar-refractivity contribution < 1.29 is 24.2 Å². The quantitative estimate of drug-likeness (QED) is 0.688. The van der Waals surface area contributed by atoms with Gasteiger partial charge in [-0.1, -0.05) is 48.5 Å². The molecule has 4 aliphatic rings. The molecule has 2 aromatic carbocycles. The second kappa shape index (κ2) is 7.58. The van der Waals surface area contributed by atoms with Crippen LogP contribution in [0.5, 0.6) is 0 Å². The average molecular weight is 461 g/mol. The van der Waals surface area contributed by atoms with Crippen molar-refractivity contribution in [2.75, 3.05) is 19.7 Å². The molecule has 2 saturated carbocycles. The Bertz CT molecular complexity index is 1130. The zero-order valence-corrected chi connectivity index (χ0v) is 19.1. The average Bonchev–Trinajstić information content (AvgIpc) is 3.74. The first kappa shape index (κ1) is 21.2. The molecular formula is C27H28N2O5. The van der Waals surface area contributed by atoms with Gasteiger partial charge in [0.15, 0.2) is 0 Å². The van der Waals surface area contributed by atoms with Gasteiger partial charge in [-0.05, 0) is 59.8 Å². The number of hydrogen-bond acceptors (Lipinski definition) is 4. The van der Waals surface area contributed by atoms with Crippen molar-refractivity contribution >= 4 is 18.0 Å². The number of likely N-dealkylation sites (tertiary alicyclic amines) is 1. The number of aliphatic carboxylic acids is 1. The highest BCUT2D eigenvalue weighted by molar-refractivity contribution is 5.91. The summed E-state index contributed by atoms with van der Waals surface area (Å²) in [5.74, 6) is -1.11. The summed E-state index contributed by atoms with van der Waals surface area (Å²) in [6.45, 7) is 2.89. The zero-order valence-electron chi connectivity index (χ0n) is 19.1. The summed E-state index contributed by atoms with van der Waals surface area (Å²) in [4.78, 5) is 39.3. The normalized spacial score (nSPS) is 26.1. The number of rotatable bonds is 6. The van der Waals surface area contributed by atoms with Gasteiger partial charge >= 0.3 is 12.1 Å². The van der Waals surface area contributed by atoms with Crippen LogP contribution in [0, 0.1) is 23.7 Å². The van der Waals surface area contributed by atoms with E-state index in [9.17, 15) is 19.5 Å². The Kier molecular flexibility index (Phi) is 4.73. The molecule has 0 spiro atoms. The third kappa shape index (κ3) is 3.29. The van der Waals surface area contributed by atoms with E-state index < -0.39 is 17.6 Å². The van der Waals surface area contributed by atoms with Gasteiger partial charge < -0.3 is 20.1 Å². The maximum Gasteiger partial charge on any atom is 0.408 e. The Morgan fingerprint density at radius 3 is 2.09 bits per heavy atom. The highest BCUT2D eigenvalue weighted by Crippen LogP contribution is 2.53. The molecule has 7 heteroatoms. The highest BCUT2D eigenvalue weighted by atomic mass is 16.5. The fourth-order valence-electron chi connectivity index (χ4n) is 6.22. The van der Waals surface area contributed by atoms with Crippen molar-refractivity contribution in [1.82, 2.24) is 10.2 Å². The number of carboxylic acids is 1. The van der Waals surface area contributed by atoms with Crippen LogP contribution in [0.1, 0.15) is 36.8 Å². The minimum absolute atomic E-state index is 0.0411. The van der Waals surface area contributed by atoms with Crippen LogP contribution in [-0.4, -0.2) is 53.2 Å². The smallest absolute Gasteiger partial charge is 0.408 e. The van der Waals surface area contributed by atoms with E-state index in [0.29, 0.717) is 13.1 Å². The van der Waals surface area contributed by atoms with Crippen LogP contribution in [-0.2, 0) is 14.3 Å². The molecule has 0 bridgehead atoms. The monoisotopic (exact) mass is 460 g/mol. The van der Waals surface area contributed by atoms with Gasteiger partial charge in [0.1, 0.15) is 12.1 Å². The lowest BCUT2D eigenvalue weighted by molar-refractivity contribution is -0.142. The molecule has 2 N–H and O–H groups in total. The molecule has 176 valence electrons. The molecule has 6 rings (SSSR count). The molecule has 1 aliphatic heterocycles. The molecular weight excluding hydrogens is 432 g/mol. The number of hydrogen-bond donors (Lipinski definition) is 2. The Balaban J connectivity index is 1.13. The number of ether oxygens (including phenoxy) is 1. The molecule has 34 heavy (non-hydrogen) atoms. The van der Waals surface area contributed by atoms with E-state index in [-0.39, 0.29) is 42.1 Å². The predicted molar refractivity (Wildman–Crippen MR) is 124 cm³/mol. The zero-order chi connectivity index (χ0) is 23.6. The minimum Gasteiger partial charge on any atom is -0.481 e. The summed E-state index contributed by atoms with van der Waals surface area (Å²) in [6.07, 6.45) is 1.17. The number of alkyl carbamates (subject to hydrolysis) is 1. The van der Waals surface area contributed by atoms with E-state index in [4.69, 9.17) is 4.74 Å². The number of benzene rings is 2. The van der Waals surface area contributed by atoms with Crippen molar-refractivity contribution in [3.8, 4) is 11.1 Å². The van der Waals surface area contributed by atoms with Crippen molar-refractivity contribution in [3.05, 3.63) is 59.7 Å². The lowest BCUT2D eigenvalue weighted by Crippen LogP contribution is -2.59. The van der Waals surface area contributed by atoms with Gasteiger partial charge in [-0.2, -0.15) is 0 Å². The maximum atomic E-state index is 13.4. The highest BCUT2D eigenvalue weighted by Gasteiger charge is 2.62. The van der Waals surface area contributed by atoms with Crippen LogP contribution < -0.4 is 5.32 Å². The molecule has 3 atom stereocenters. The summed E-state index contributed by atoms with van der Waals surface area (Å²) >= 11 is 0. The molecule has 1 heterocycles. The predicted octanol–water partition coefficient (Wildman–Crippen LogP) is 3.48. The first-order chi connectivity index (χ1) is 16.4. The molecule has 3 aliphatic carbocycles. The fraction of sp³-hybridized carbons (Fsp3) is 0.444. The number of piperidine rings is 1. The number of carbonyl (C=O) groups is 3. The summed E-state index contributed by atoms with van der Waals surface area (Å²) in [5, 5.41) is 12.2. The Morgan fingerprint density at radius 1 is 1.00 bits per heavy atom. The molecule has 7 nitrogen and oxygen atoms in total. The summed E-state index contributed by atoms with van der Waals surface area (Å²) in [7, 11) is 0. The van der Waals surface area contributed by atoms with Gasteiger partial charge in [-0.15, -0.1) is 0 Å². The van der Waals surface area contributed by atoms with Crippen LogP contribution in [0.3, 0.4) is 0 Å². The summed E-state index contributed by atoms with van der Waals surface area (Å²) in [5.41, 5.74) is 3.58. The molecule has 2 amide bonds. The van der Waals surface area contributed by atoms with E-state index in [1.807, 2.05) is 24.3 Å². The van der Waals surface area contributed by atoms with Crippen LogP contribution >= 0.6 is 0 Å². The third-order valence-electron chi connectivity index (χ3n) is 8.31. The second-order valence-electron chi connectivity index (χ2n) is 10.3. The number of nitrogens with zero attached hydrogens (tertiary/aromatic N) is 1. The first-order valence-corrected chi connectivity index (χ1v) is 12.0. The summed E-state index contributed by atoms with van der Waals surface area (Å²) in [6, 6.07) is 16.3. The number of amides is 2. The molecule has 3 unspecified atom stereocenters. The number of fused-ring (bicyclic) bond motifs is 4. The largest absolute Gasteiger partial charge is 0.481 e. The van der Waals surface area contributed by atoms with Crippen molar-refractivity contribution in [2.45, 2.75) is 31.2 Å². The standard InChI is InChI=1S/C27H28N2O5/c1-27(15-10-11-15,25(32)29-12-20-21(13-29)23(20)24(30)31)28-26(33)34-14-22-18-8-4-2-6-16(18)17-7-3-5-9-19(17)22/h2-9,15,20-23H,10-14H2,1H3,(H,28,33)(H,30,31). The van der Waals surface area contributed by atoms with Crippen LogP contribution in [0.25, 0.3) is 11.1 Å². The Labute approximate surface area is 198 Å². The number of carbonyl (C=O) groups excluding carboxylic acids is 2.